The maximum atomic E-state index is 13.6. The molecule has 0 aromatic heterocycles. The lowest BCUT2D eigenvalue weighted by atomic mass is 10.0. The maximum absolute atomic E-state index is 13.6. The van der Waals surface area contributed by atoms with E-state index in [2.05, 4.69) is 4.72 Å². The first-order valence-corrected chi connectivity index (χ1v) is 7.30. The monoisotopic (exact) mass is 272 g/mol. The molecule has 0 bridgehead atoms. The predicted molar refractivity (Wildman–Crippen MR) is 67.9 cm³/mol. The predicted octanol–water partition coefficient (Wildman–Crippen LogP) is 1.87. The molecule has 1 fully saturated rings. The number of rotatable bonds is 4. The fourth-order valence-corrected chi connectivity index (χ4v) is 3.60. The average molecular weight is 272 g/mol. The van der Waals surface area contributed by atoms with Crippen molar-refractivity contribution in [3.8, 4) is 0 Å². The summed E-state index contributed by atoms with van der Waals surface area (Å²) in [6, 6.07) is 3.54. The van der Waals surface area contributed by atoms with E-state index in [1.807, 2.05) is 13.8 Å². The summed E-state index contributed by atoms with van der Waals surface area (Å²) in [5.41, 5.74) is 5.16. The Labute approximate surface area is 106 Å². The Morgan fingerprint density at radius 2 is 2.00 bits per heavy atom. The lowest BCUT2D eigenvalue weighted by Crippen LogP contribution is -2.45. The number of nitrogens with two attached hydrogens (primary N) is 1. The molecule has 0 aliphatic heterocycles. The van der Waals surface area contributed by atoms with Gasteiger partial charge >= 0.3 is 0 Å². The van der Waals surface area contributed by atoms with Crippen LogP contribution in [-0.4, -0.2) is 14.0 Å². The summed E-state index contributed by atoms with van der Waals surface area (Å²) >= 11 is 0. The van der Waals surface area contributed by atoms with Crippen molar-refractivity contribution in [3.05, 3.63) is 24.0 Å². The number of halogens is 1. The first-order valence-electron chi connectivity index (χ1n) is 5.81. The van der Waals surface area contributed by atoms with Gasteiger partial charge in [-0.05, 0) is 50.8 Å². The van der Waals surface area contributed by atoms with Gasteiger partial charge in [0.2, 0.25) is 10.0 Å². The summed E-state index contributed by atoms with van der Waals surface area (Å²) in [7, 11) is -3.88. The first kappa shape index (κ1) is 13.3. The Kier molecular flexibility index (Phi) is 3.11. The molecule has 0 atom stereocenters. The van der Waals surface area contributed by atoms with Crippen LogP contribution in [0.2, 0.25) is 0 Å². The third-order valence-electron chi connectivity index (χ3n) is 3.24. The summed E-state index contributed by atoms with van der Waals surface area (Å²) < 4.78 is 40.4. The van der Waals surface area contributed by atoms with Crippen LogP contribution in [0.3, 0.4) is 0 Å². The van der Waals surface area contributed by atoms with Gasteiger partial charge in [-0.3, -0.25) is 0 Å². The molecule has 1 aromatic carbocycles. The highest BCUT2D eigenvalue weighted by molar-refractivity contribution is 7.89. The minimum Gasteiger partial charge on any atom is -0.399 e. The zero-order valence-electron chi connectivity index (χ0n) is 10.4. The van der Waals surface area contributed by atoms with Gasteiger partial charge in [0.15, 0.2) is 0 Å². The van der Waals surface area contributed by atoms with E-state index in [0.29, 0.717) is 5.92 Å². The van der Waals surface area contributed by atoms with Crippen molar-refractivity contribution in [2.24, 2.45) is 5.92 Å². The van der Waals surface area contributed by atoms with Gasteiger partial charge in [0, 0.05) is 11.2 Å². The number of nitrogens with one attached hydrogen (secondary N) is 1. The molecular formula is C12H17FN2O2S. The van der Waals surface area contributed by atoms with Crippen LogP contribution in [0.5, 0.6) is 0 Å². The molecule has 0 spiro atoms. The molecule has 18 heavy (non-hydrogen) atoms. The van der Waals surface area contributed by atoms with Crippen molar-refractivity contribution in [3.63, 3.8) is 0 Å². The normalized spacial score (nSPS) is 16.8. The number of anilines is 1. The standard InChI is InChI=1S/C12H17FN2O2S/c1-12(2,8-3-4-8)15-18(16,17)11-7-9(14)5-6-10(11)13/h5-8,15H,3-4,14H2,1-2H3. The van der Waals surface area contributed by atoms with E-state index < -0.39 is 26.3 Å². The molecule has 0 amide bonds. The summed E-state index contributed by atoms with van der Waals surface area (Å²) in [6.07, 6.45) is 1.99. The van der Waals surface area contributed by atoms with Crippen molar-refractivity contribution in [1.29, 1.82) is 0 Å². The Balaban J connectivity index is 2.33. The largest absolute Gasteiger partial charge is 0.399 e. The van der Waals surface area contributed by atoms with Gasteiger partial charge < -0.3 is 5.73 Å². The molecular weight excluding hydrogens is 255 g/mol. The minimum absolute atomic E-state index is 0.223. The lowest BCUT2D eigenvalue weighted by molar-refractivity contribution is 0.399. The van der Waals surface area contributed by atoms with E-state index >= 15 is 0 Å². The van der Waals surface area contributed by atoms with E-state index in [0.717, 1.165) is 25.0 Å². The minimum atomic E-state index is -3.88. The summed E-state index contributed by atoms with van der Waals surface area (Å²) in [4.78, 5) is -0.392. The van der Waals surface area contributed by atoms with Gasteiger partial charge in [0.1, 0.15) is 10.7 Å². The molecule has 1 aliphatic rings. The molecule has 3 N–H and O–H groups in total. The summed E-state index contributed by atoms with van der Waals surface area (Å²) in [5, 5.41) is 0. The highest BCUT2D eigenvalue weighted by Crippen LogP contribution is 2.40. The van der Waals surface area contributed by atoms with Crippen molar-refractivity contribution < 1.29 is 12.8 Å². The van der Waals surface area contributed by atoms with E-state index in [-0.39, 0.29) is 5.69 Å². The second-order valence-corrected chi connectivity index (χ2v) is 6.94. The Morgan fingerprint density at radius 3 is 2.56 bits per heavy atom. The molecule has 0 heterocycles. The van der Waals surface area contributed by atoms with Gasteiger partial charge in [-0.25, -0.2) is 17.5 Å². The smallest absolute Gasteiger partial charge is 0.244 e. The number of nitrogen functional groups attached to an aromatic ring is 1. The van der Waals surface area contributed by atoms with Gasteiger partial charge in [-0.2, -0.15) is 0 Å². The summed E-state index contributed by atoms with van der Waals surface area (Å²) in [6.45, 7) is 3.62. The summed E-state index contributed by atoms with van der Waals surface area (Å²) in [5.74, 6) is -0.473. The molecule has 4 nitrogen and oxygen atoms in total. The Bertz CT molecular complexity index is 565. The highest BCUT2D eigenvalue weighted by atomic mass is 32.2. The van der Waals surface area contributed by atoms with Crippen LogP contribution in [-0.2, 0) is 10.0 Å². The molecule has 6 heteroatoms. The molecule has 1 aliphatic carbocycles. The first-order chi connectivity index (χ1) is 8.22. The van der Waals surface area contributed by atoms with Gasteiger partial charge in [-0.1, -0.05) is 0 Å². The van der Waals surface area contributed by atoms with Gasteiger partial charge in [-0.15, -0.1) is 0 Å². The quantitative estimate of drug-likeness (QED) is 0.822. The highest BCUT2D eigenvalue weighted by Gasteiger charge is 2.41. The second-order valence-electron chi connectivity index (χ2n) is 5.29. The number of benzene rings is 1. The van der Waals surface area contributed by atoms with Gasteiger partial charge in [0.25, 0.3) is 0 Å². The molecule has 0 saturated heterocycles. The second kappa shape index (κ2) is 4.20. The fourth-order valence-electron chi connectivity index (χ4n) is 2.02. The number of hydrogen-bond acceptors (Lipinski definition) is 3. The zero-order valence-corrected chi connectivity index (χ0v) is 11.2. The zero-order chi connectivity index (χ0) is 13.6. The molecule has 100 valence electrons. The van der Waals surface area contributed by atoms with Crippen LogP contribution < -0.4 is 10.5 Å². The SMILES string of the molecule is CC(C)(NS(=O)(=O)c1cc(N)ccc1F)C1CC1. The van der Waals surface area contributed by atoms with E-state index in [9.17, 15) is 12.8 Å². The molecule has 2 rings (SSSR count). The molecule has 0 radical (unpaired) electrons. The van der Waals surface area contributed by atoms with Crippen molar-refractivity contribution in [2.45, 2.75) is 37.1 Å². The van der Waals surface area contributed by atoms with E-state index in [1.165, 1.54) is 6.07 Å². The van der Waals surface area contributed by atoms with Crippen LogP contribution in [0.4, 0.5) is 10.1 Å². The van der Waals surface area contributed by atoms with Crippen LogP contribution in [0.15, 0.2) is 23.1 Å². The van der Waals surface area contributed by atoms with Crippen molar-refractivity contribution in [2.75, 3.05) is 5.73 Å². The maximum Gasteiger partial charge on any atom is 0.244 e. The Hall–Kier alpha value is -1.14. The molecule has 1 aromatic rings. The van der Waals surface area contributed by atoms with Crippen LogP contribution in [0, 0.1) is 11.7 Å². The lowest BCUT2D eigenvalue weighted by Gasteiger charge is -2.25. The van der Waals surface area contributed by atoms with E-state index in [1.54, 1.807) is 0 Å². The van der Waals surface area contributed by atoms with Crippen molar-refractivity contribution in [1.82, 2.24) is 4.72 Å². The van der Waals surface area contributed by atoms with Gasteiger partial charge in [0.05, 0.1) is 0 Å². The Morgan fingerprint density at radius 1 is 1.39 bits per heavy atom. The third-order valence-corrected chi connectivity index (χ3v) is 4.93. The van der Waals surface area contributed by atoms with E-state index in [4.69, 9.17) is 5.73 Å². The topological polar surface area (TPSA) is 72.2 Å². The van der Waals surface area contributed by atoms with Crippen LogP contribution in [0.1, 0.15) is 26.7 Å². The fraction of sp³-hybridized carbons (Fsp3) is 0.500. The number of hydrogen-bond donors (Lipinski definition) is 2. The third kappa shape index (κ3) is 2.64. The average Bonchev–Trinajstić information content (AvgIpc) is 3.03. The van der Waals surface area contributed by atoms with Crippen molar-refractivity contribution >= 4 is 15.7 Å². The molecule has 0 unspecified atom stereocenters. The van der Waals surface area contributed by atoms with Crippen LogP contribution >= 0.6 is 0 Å². The van der Waals surface area contributed by atoms with Crippen LogP contribution in [0.25, 0.3) is 0 Å². The molecule has 1 saturated carbocycles. The number of sulfonamides is 1.